The van der Waals surface area contributed by atoms with Crippen molar-refractivity contribution in [3.63, 3.8) is 0 Å². The van der Waals surface area contributed by atoms with Crippen LogP contribution in [0.4, 0.5) is 10.1 Å². The van der Waals surface area contributed by atoms with Crippen LogP contribution >= 0.6 is 23.8 Å². The SMILES string of the molecule is Cc1[nH]c2ccc(Cl)cc2c1CCNC(=S)Nc1ccc(F)cc1. The maximum absolute atomic E-state index is 12.9. The van der Waals surface area contributed by atoms with Gasteiger partial charge in [0, 0.05) is 33.9 Å². The van der Waals surface area contributed by atoms with E-state index in [1.165, 1.54) is 17.7 Å². The van der Waals surface area contributed by atoms with Crippen LogP contribution in [0.5, 0.6) is 0 Å². The molecule has 0 amide bonds. The number of hydrogen-bond donors (Lipinski definition) is 3. The van der Waals surface area contributed by atoms with Crippen LogP contribution in [0.15, 0.2) is 42.5 Å². The average molecular weight is 362 g/mol. The van der Waals surface area contributed by atoms with Gasteiger partial charge in [-0.2, -0.15) is 0 Å². The van der Waals surface area contributed by atoms with Crippen LogP contribution in [-0.2, 0) is 6.42 Å². The third kappa shape index (κ3) is 3.86. The summed E-state index contributed by atoms with van der Waals surface area (Å²) in [6.45, 7) is 2.74. The number of H-pyrrole nitrogens is 1. The first kappa shape index (κ1) is 16.7. The van der Waals surface area contributed by atoms with Gasteiger partial charge >= 0.3 is 0 Å². The molecule has 0 unspecified atom stereocenters. The van der Waals surface area contributed by atoms with E-state index in [2.05, 4.69) is 22.5 Å². The van der Waals surface area contributed by atoms with Gasteiger partial charge in [0.05, 0.1) is 0 Å². The van der Waals surface area contributed by atoms with Crippen LogP contribution in [-0.4, -0.2) is 16.6 Å². The number of rotatable bonds is 4. The Hall–Kier alpha value is -2.11. The van der Waals surface area contributed by atoms with E-state index in [0.29, 0.717) is 11.7 Å². The van der Waals surface area contributed by atoms with Crippen molar-refractivity contribution in [2.45, 2.75) is 13.3 Å². The van der Waals surface area contributed by atoms with Gasteiger partial charge in [-0.3, -0.25) is 0 Å². The van der Waals surface area contributed by atoms with Crippen molar-refractivity contribution in [2.75, 3.05) is 11.9 Å². The molecule has 3 aromatic rings. The quantitative estimate of drug-likeness (QED) is 0.585. The first-order valence-electron chi connectivity index (χ1n) is 7.60. The molecule has 0 spiro atoms. The number of fused-ring (bicyclic) bond motifs is 1. The number of nitrogens with one attached hydrogen (secondary N) is 3. The highest BCUT2D eigenvalue weighted by atomic mass is 35.5. The van der Waals surface area contributed by atoms with Gasteiger partial charge in [0.25, 0.3) is 0 Å². The zero-order valence-electron chi connectivity index (χ0n) is 13.1. The fraction of sp³-hybridized carbons (Fsp3) is 0.167. The summed E-state index contributed by atoms with van der Waals surface area (Å²) in [4.78, 5) is 3.37. The van der Waals surface area contributed by atoms with Crippen LogP contribution in [0, 0.1) is 12.7 Å². The summed E-state index contributed by atoms with van der Waals surface area (Å²) >= 11 is 11.4. The number of thiocarbonyl (C=S) groups is 1. The van der Waals surface area contributed by atoms with Crippen molar-refractivity contribution < 1.29 is 4.39 Å². The summed E-state index contributed by atoms with van der Waals surface area (Å²) in [6.07, 6.45) is 0.817. The lowest BCUT2D eigenvalue weighted by Crippen LogP contribution is -2.30. The number of aryl methyl sites for hydroxylation is 1. The third-order valence-electron chi connectivity index (χ3n) is 3.84. The van der Waals surface area contributed by atoms with E-state index in [-0.39, 0.29) is 5.82 Å². The predicted octanol–water partition coefficient (Wildman–Crippen LogP) is 4.80. The van der Waals surface area contributed by atoms with Gasteiger partial charge in [0.2, 0.25) is 0 Å². The number of aromatic nitrogens is 1. The highest BCUT2D eigenvalue weighted by molar-refractivity contribution is 7.80. The van der Waals surface area contributed by atoms with E-state index in [4.69, 9.17) is 23.8 Å². The number of anilines is 1. The number of halogens is 2. The Balaban J connectivity index is 1.60. The maximum atomic E-state index is 12.9. The zero-order chi connectivity index (χ0) is 17.1. The molecule has 3 rings (SSSR count). The third-order valence-corrected chi connectivity index (χ3v) is 4.33. The van der Waals surface area contributed by atoms with E-state index in [1.807, 2.05) is 18.2 Å². The molecule has 0 aliphatic heterocycles. The van der Waals surface area contributed by atoms with Crippen LogP contribution in [0.3, 0.4) is 0 Å². The number of hydrogen-bond acceptors (Lipinski definition) is 1. The molecule has 0 saturated heterocycles. The fourth-order valence-corrected chi connectivity index (χ4v) is 3.08. The van der Waals surface area contributed by atoms with Crippen LogP contribution in [0.1, 0.15) is 11.3 Å². The second-order valence-electron chi connectivity index (χ2n) is 5.56. The Morgan fingerprint density at radius 3 is 2.71 bits per heavy atom. The summed E-state index contributed by atoms with van der Waals surface area (Å²) < 4.78 is 12.9. The fourth-order valence-electron chi connectivity index (χ4n) is 2.69. The molecule has 0 aliphatic carbocycles. The monoisotopic (exact) mass is 361 g/mol. The highest BCUT2D eigenvalue weighted by Gasteiger charge is 2.09. The highest BCUT2D eigenvalue weighted by Crippen LogP contribution is 2.25. The Kier molecular flexibility index (Phi) is 5.02. The molecule has 0 radical (unpaired) electrons. The van der Waals surface area contributed by atoms with Crippen molar-refractivity contribution in [2.24, 2.45) is 0 Å². The van der Waals surface area contributed by atoms with Crippen LogP contribution in [0.25, 0.3) is 10.9 Å². The number of aromatic amines is 1. The molecule has 0 aliphatic rings. The molecule has 6 heteroatoms. The van der Waals surface area contributed by atoms with Gasteiger partial charge < -0.3 is 15.6 Å². The van der Waals surface area contributed by atoms with Gasteiger partial charge in [0.15, 0.2) is 5.11 Å². The van der Waals surface area contributed by atoms with Gasteiger partial charge in [-0.15, -0.1) is 0 Å². The molecule has 0 saturated carbocycles. The summed E-state index contributed by atoms with van der Waals surface area (Å²) in [6, 6.07) is 11.9. The molecule has 2 aromatic carbocycles. The van der Waals surface area contributed by atoms with Crippen molar-refractivity contribution in [3.05, 3.63) is 64.6 Å². The summed E-state index contributed by atoms with van der Waals surface area (Å²) in [5.41, 5.74) is 4.19. The van der Waals surface area contributed by atoms with Crippen LogP contribution in [0.2, 0.25) is 5.02 Å². The Morgan fingerprint density at radius 2 is 1.96 bits per heavy atom. The summed E-state index contributed by atoms with van der Waals surface area (Å²) in [7, 11) is 0. The zero-order valence-corrected chi connectivity index (χ0v) is 14.7. The second kappa shape index (κ2) is 7.20. The lowest BCUT2D eigenvalue weighted by molar-refractivity contribution is 0.628. The van der Waals surface area contributed by atoms with Gasteiger partial charge in [-0.05, 0) is 73.6 Å². The molecule has 124 valence electrons. The summed E-state index contributed by atoms with van der Waals surface area (Å²) in [5, 5.41) is 8.58. The lowest BCUT2D eigenvalue weighted by Gasteiger charge is -2.10. The van der Waals surface area contributed by atoms with Gasteiger partial charge in [0.1, 0.15) is 5.82 Å². The van der Waals surface area contributed by atoms with E-state index in [9.17, 15) is 4.39 Å². The second-order valence-corrected chi connectivity index (χ2v) is 6.40. The number of benzene rings is 2. The molecule has 0 fully saturated rings. The Labute approximate surface area is 150 Å². The molecule has 3 N–H and O–H groups in total. The predicted molar refractivity (Wildman–Crippen MR) is 102 cm³/mol. The first-order valence-corrected chi connectivity index (χ1v) is 8.38. The normalized spacial score (nSPS) is 10.8. The van der Waals surface area contributed by atoms with E-state index in [0.717, 1.165) is 33.7 Å². The largest absolute Gasteiger partial charge is 0.362 e. The molecule has 1 aromatic heterocycles. The van der Waals surface area contributed by atoms with Crippen LogP contribution < -0.4 is 10.6 Å². The molecular weight excluding hydrogens is 345 g/mol. The molecule has 0 atom stereocenters. The molecule has 3 nitrogen and oxygen atoms in total. The smallest absolute Gasteiger partial charge is 0.170 e. The van der Waals surface area contributed by atoms with Crippen molar-refractivity contribution in [1.29, 1.82) is 0 Å². The van der Waals surface area contributed by atoms with Gasteiger partial charge in [-0.1, -0.05) is 11.6 Å². The van der Waals surface area contributed by atoms with E-state index in [1.54, 1.807) is 12.1 Å². The molecular formula is C18H17ClFN3S. The minimum absolute atomic E-state index is 0.270. The lowest BCUT2D eigenvalue weighted by atomic mass is 10.1. The van der Waals surface area contributed by atoms with Crippen molar-refractivity contribution in [3.8, 4) is 0 Å². The summed E-state index contributed by atoms with van der Waals surface area (Å²) in [5.74, 6) is -0.270. The minimum atomic E-state index is -0.270. The Morgan fingerprint density at radius 1 is 1.21 bits per heavy atom. The van der Waals surface area contributed by atoms with E-state index < -0.39 is 0 Å². The molecule has 1 heterocycles. The average Bonchev–Trinajstić information content (AvgIpc) is 2.85. The molecule has 24 heavy (non-hydrogen) atoms. The minimum Gasteiger partial charge on any atom is -0.362 e. The van der Waals surface area contributed by atoms with Gasteiger partial charge in [-0.25, -0.2) is 4.39 Å². The topological polar surface area (TPSA) is 39.9 Å². The standard InChI is InChI=1S/C18H17ClFN3S/c1-11-15(16-10-12(19)2-7-17(16)22-11)8-9-21-18(24)23-14-5-3-13(20)4-6-14/h2-7,10,22H,8-9H2,1H3,(H2,21,23,24). The van der Waals surface area contributed by atoms with Crippen molar-refractivity contribution >= 4 is 45.5 Å². The maximum Gasteiger partial charge on any atom is 0.170 e. The first-order chi connectivity index (χ1) is 11.5. The molecule has 0 bridgehead atoms. The van der Waals surface area contributed by atoms with Crippen molar-refractivity contribution in [1.82, 2.24) is 10.3 Å². The van der Waals surface area contributed by atoms with E-state index >= 15 is 0 Å². The Bertz CT molecular complexity index is 874.